The average molecular weight is 282 g/mol. The molecule has 3 heteroatoms. The Hall–Kier alpha value is -0.600. The second-order valence-electron chi connectivity index (χ2n) is 6.37. The molecular weight excluding hydrogens is 261 g/mol. The van der Waals surface area contributed by atoms with E-state index in [0.29, 0.717) is 5.41 Å². The fraction of sp³-hybridized carbons (Fsp3) is 0.625. The van der Waals surface area contributed by atoms with Crippen LogP contribution in [0.25, 0.3) is 0 Å². The highest BCUT2D eigenvalue weighted by Gasteiger charge is 2.53. The largest absolute Gasteiger partial charge is 0.316 e. The number of hydrogen-bond donors (Lipinski definition) is 1. The molecule has 2 aliphatic carbocycles. The topological polar surface area (TPSA) is 12.0 Å². The van der Waals surface area contributed by atoms with Crippen molar-refractivity contribution in [3.8, 4) is 0 Å². The second kappa shape index (κ2) is 5.06. The maximum Gasteiger partial charge on any atom is 0.141 e. The van der Waals surface area contributed by atoms with Crippen LogP contribution in [0.15, 0.2) is 18.2 Å². The fourth-order valence-corrected chi connectivity index (χ4v) is 4.03. The lowest BCUT2D eigenvalue weighted by atomic mass is 9.77. The first-order chi connectivity index (χ1) is 9.12. The van der Waals surface area contributed by atoms with Gasteiger partial charge in [-0.15, -0.1) is 0 Å². The van der Waals surface area contributed by atoms with Crippen molar-refractivity contribution >= 4 is 11.6 Å². The summed E-state index contributed by atoms with van der Waals surface area (Å²) in [5.74, 6) is 1.59. The normalized spacial score (nSPS) is 32.4. The summed E-state index contributed by atoms with van der Waals surface area (Å²) in [7, 11) is 0. The van der Waals surface area contributed by atoms with Gasteiger partial charge in [0.2, 0.25) is 0 Å². The molecule has 3 rings (SSSR count). The Bertz CT molecular complexity index is 464. The molecule has 1 aromatic carbocycles. The average Bonchev–Trinajstić information content (AvgIpc) is 3.00. The molecule has 19 heavy (non-hydrogen) atoms. The summed E-state index contributed by atoms with van der Waals surface area (Å²) in [6, 6.07) is 5.18. The van der Waals surface area contributed by atoms with E-state index in [-0.39, 0.29) is 10.8 Å². The molecule has 0 heterocycles. The third-order valence-corrected chi connectivity index (χ3v) is 5.06. The van der Waals surface area contributed by atoms with Crippen LogP contribution in [0.5, 0.6) is 0 Å². The van der Waals surface area contributed by atoms with Gasteiger partial charge in [-0.05, 0) is 67.2 Å². The molecule has 0 aliphatic heterocycles. The number of nitrogens with one attached hydrogen (secondary N) is 1. The van der Waals surface area contributed by atoms with Crippen LogP contribution >= 0.6 is 11.6 Å². The predicted octanol–water partition coefficient (Wildman–Crippen LogP) is 4.05. The lowest BCUT2D eigenvalue weighted by Gasteiger charge is -2.31. The van der Waals surface area contributed by atoms with Crippen LogP contribution in [0.3, 0.4) is 0 Å². The van der Waals surface area contributed by atoms with Crippen LogP contribution in [-0.4, -0.2) is 13.1 Å². The van der Waals surface area contributed by atoms with Crippen LogP contribution in [0, 0.1) is 23.1 Å². The number of hydrogen-bond acceptors (Lipinski definition) is 1. The Kier molecular flexibility index (Phi) is 3.57. The van der Waals surface area contributed by atoms with Crippen LogP contribution < -0.4 is 5.32 Å². The molecule has 0 spiro atoms. The van der Waals surface area contributed by atoms with E-state index in [2.05, 4.69) is 12.2 Å². The number of halogens is 2. The Labute approximate surface area is 119 Å². The van der Waals surface area contributed by atoms with Gasteiger partial charge >= 0.3 is 0 Å². The maximum absolute atomic E-state index is 13.2. The molecule has 2 saturated carbocycles. The van der Waals surface area contributed by atoms with Gasteiger partial charge in [0.15, 0.2) is 0 Å². The Morgan fingerprint density at radius 1 is 1.37 bits per heavy atom. The molecule has 2 fully saturated rings. The Morgan fingerprint density at radius 3 is 2.74 bits per heavy atom. The van der Waals surface area contributed by atoms with Crippen LogP contribution in [-0.2, 0) is 6.42 Å². The molecule has 2 unspecified atom stereocenters. The van der Waals surface area contributed by atoms with Gasteiger partial charge in [-0.3, -0.25) is 0 Å². The summed E-state index contributed by atoms with van der Waals surface area (Å²) >= 11 is 5.90. The number of fused-ring (bicyclic) bond motifs is 1. The standard InChI is InChI=1S/C16H21ClFN/c1-2-19-10-16(8-12-6-13(12)9-16)7-11-3-4-15(18)14(17)5-11/h3-5,12-13,19H,2,6-10H2,1H3. The van der Waals surface area contributed by atoms with Gasteiger partial charge in [0, 0.05) is 6.54 Å². The predicted molar refractivity (Wildman–Crippen MR) is 76.9 cm³/mol. The highest BCUT2D eigenvalue weighted by molar-refractivity contribution is 6.30. The first-order valence-electron chi connectivity index (χ1n) is 7.26. The molecule has 1 nitrogen and oxygen atoms in total. The molecule has 0 amide bonds. The minimum atomic E-state index is -0.319. The summed E-state index contributed by atoms with van der Waals surface area (Å²) in [6.07, 6.45) is 5.09. The third-order valence-electron chi connectivity index (χ3n) is 4.77. The molecule has 2 atom stereocenters. The molecule has 2 aliphatic rings. The molecule has 1 N–H and O–H groups in total. The van der Waals surface area contributed by atoms with Gasteiger partial charge in [-0.25, -0.2) is 4.39 Å². The summed E-state index contributed by atoms with van der Waals surface area (Å²) < 4.78 is 13.2. The van der Waals surface area contributed by atoms with E-state index in [9.17, 15) is 4.39 Å². The van der Waals surface area contributed by atoms with Gasteiger partial charge in [-0.1, -0.05) is 24.6 Å². The maximum atomic E-state index is 13.2. The van der Waals surface area contributed by atoms with Crippen LogP contribution in [0.4, 0.5) is 4.39 Å². The van der Waals surface area contributed by atoms with Crippen molar-refractivity contribution in [2.24, 2.45) is 17.3 Å². The molecule has 0 aromatic heterocycles. The van der Waals surface area contributed by atoms with E-state index < -0.39 is 0 Å². The van der Waals surface area contributed by atoms with Gasteiger partial charge in [0.05, 0.1) is 5.02 Å². The van der Waals surface area contributed by atoms with Crippen LogP contribution in [0.2, 0.25) is 5.02 Å². The zero-order valence-electron chi connectivity index (χ0n) is 11.4. The Morgan fingerprint density at radius 2 is 2.11 bits per heavy atom. The summed E-state index contributed by atoms with van der Waals surface area (Å²) in [5, 5.41) is 3.76. The molecule has 0 radical (unpaired) electrons. The first kappa shape index (κ1) is 13.4. The SMILES string of the molecule is CCNCC1(Cc2ccc(F)c(Cl)c2)CC2CC2C1. The van der Waals surface area contributed by atoms with E-state index in [1.54, 1.807) is 6.07 Å². The zero-order valence-corrected chi connectivity index (χ0v) is 12.1. The zero-order chi connectivity index (χ0) is 13.5. The second-order valence-corrected chi connectivity index (χ2v) is 6.78. The molecule has 0 saturated heterocycles. The van der Waals surface area contributed by atoms with Crippen molar-refractivity contribution in [3.63, 3.8) is 0 Å². The lowest BCUT2D eigenvalue weighted by molar-refractivity contribution is 0.250. The monoisotopic (exact) mass is 281 g/mol. The molecule has 1 aromatic rings. The van der Waals surface area contributed by atoms with Gasteiger partial charge < -0.3 is 5.32 Å². The van der Waals surface area contributed by atoms with Crippen molar-refractivity contribution in [1.29, 1.82) is 0 Å². The van der Waals surface area contributed by atoms with Crippen molar-refractivity contribution in [2.45, 2.75) is 32.6 Å². The van der Waals surface area contributed by atoms with Crippen molar-refractivity contribution in [1.82, 2.24) is 5.32 Å². The van der Waals surface area contributed by atoms with Crippen molar-refractivity contribution < 1.29 is 4.39 Å². The van der Waals surface area contributed by atoms with Gasteiger partial charge in [-0.2, -0.15) is 0 Å². The first-order valence-corrected chi connectivity index (χ1v) is 7.64. The molecular formula is C16H21ClFN. The van der Waals surface area contributed by atoms with E-state index >= 15 is 0 Å². The van der Waals surface area contributed by atoms with Crippen molar-refractivity contribution in [3.05, 3.63) is 34.6 Å². The lowest BCUT2D eigenvalue weighted by Crippen LogP contribution is -2.35. The smallest absolute Gasteiger partial charge is 0.141 e. The summed E-state index contributed by atoms with van der Waals surface area (Å²) in [4.78, 5) is 0. The van der Waals surface area contributed by atoms with E-state index in [1.165, 1.54) is 30.9 Å². The Balaban J connectivity index is 1.75. The van der Waals surface area contributed by atoms with Crippen LogP contribution in [0.1, 0.15) is 31.7 Å². The highest BCUT2D eigenvalue weighted by Crippen LogP contribution is 2.60. The van der Waals surface area contributed by atoms with E-state index in [4.69, 9.17) is 11.6 Å². The number of rotatable bonds is 5. The van der Waals surface area contributed by atoms with Crippen molar-refractivity contribution in [2.75, 3.05) is 13.1 Å². The van der Waals surface area contributed by atoms with E-state index in [1.807, 2.05) is 6.07 Å². The molecule has 104 valence electrons. The number of benzene rings is 1. The fourth-order valence-electron chi connectivity index (χ4n) is 3.83. The summed E-state index contributed by atoms with van der Waals surface area (Å²) in [5.41, 5.74) is 1.54. The van der Waals surface area contributed by atoms with Gasteiger partial charge in [0.1, 0.15) is 5.82 Å². The highest BCUT2D eigenvalue weighted by atomic mass is 35.5. The van der Waals surface area contributed by atoms with Gasteiger partial charge in [0.25, 0.3) is 0 Å². The molecule has 0 bridgehead atoms. The summed E-state index contributed by atoms with van der Waals surface area (Å²) in [6.45, 7) is 4.24. The minimum absolute atomic E-state index is 0.249. The van der Waals surface area contributed by atoms with E-state index in [0.717, 1.165) is 31.3 Å². The third kappa shape index (κ3) is 2.80. The minimum Gasteiger partial charge on any atom is -0.316 e. The quantitative estimate of drug-likeness (QED) is 0.859.